The van der Waals surface area contributed by atoms with Crippen molar-refractivity contribution in [3.05, 3.63) is 132 Å². The van der Waals surface area contributed by atoms with Gasteiger partial charge in [0, 0.05) is 43.1 Å². The number of hydrogen-bond acceptors (Lipinski definition) is 9. The fourth-order valence-corrected chi connectivity index (χ4v) is 7.35. The Morgan fingerprint density at radius 2 is 1.53 bits per heavy atom. The van der Waals surface area contributed by atoms with Gasteiger partial charge in [0.1, 0.15) is 34.7 Å². The number of carboxylic acids is 1. The first-order chi connectivity index (χ1) is 27.3. The van der Waals surface area contributed by atoms with E-state index in [1.807, 2.05) is 19.1 Å². The average Bonchev–Trinajstić information content (AvgIpc) is 3.19. The number of aliphatic carboxylic acids is 1. The van der Waals surface area contributed by atoms with Gasteiger partial charge in [0.2, 0.25) is 5.95 Å². The standard InChI is InChI=1S/C41H35F3N4O8S/c1-4-56-22-23-15-35(54-2)38(36(16-23)55-3)30-10-7-26(29-12-13-45-21-31(29)30)17-34(41(50)51)47-40(49)39-32(42)19-27(20-33(39)43)48-57(52,53)28-8-5-24(6-9-28)25-11-14-46-37(44)18-25/h5-16,18-21,34,48H,4,17,22H2,1-3H3,(H,47,49)(H,50,51). The minimum atomic E-state index is -4.38. The van der Waals surface area contributed by atoms with Gasteiger partial charge in [-0.1, -0.05) is 24.3 Å². The summed E-state index contributed by atoms with van der Waals surface area (Å²) < 4.78 is 89.5. The molecule has 4 aromatic carbocycles. The quantitative estimate of drug-likeness (QED) is 0.0908. The molecule has 1 unspecified atom stereocenters. The number of rotatable bonds is 15. The molecule has 1 amide bonds. The Morgan fingerprint density at radius 1 is 0.842 bits per heavy atom. The van der Waals surface area contributed by atoms with Crippen molar-refractivity contribution in [2.24, 2.45) is 0 Å². The molecule has 3 N–H and O–H groups in total. The van der Waals surface area contributed by atoms with Crippen molar-refractivity contribution in [1.29, 1.82) is 0 Å². The van der Waals surface area contributed by atoms with Gasteiger partial charge in [-0.05, 0) is 88.7 Å². The molecular formula is C41H35F3N4O8S. The third kappa shape index (κ3) is 8.82. The minimum Gasteiger partial charge on any atom is -0.496 e. The number of amides is 1. The van der Waals surface area contributed by atoms with Crippen LogP contribution in [0, 0.1) is 17.6 Å². The van der Waals surface area contributed by atoms with Gasteiger partial charge in [-0.2, -0.15) is 4.39 Å². The van der Waals surface area contributed by atoms with Crippen molar-refractivity contribution in [1.82, 2.24) is 15.3 Å². The highest BCUT2D eigenvalue weighted by Crippen LogP contribution is 2.43. The van der Waals surface area contributed by atoms with Crippen LogP contribution in [0.5, 0.6) is 11.5 Å². The van der Waals surface area contributed by atoms with E-state index >= 15 is 8.78 Å². The Balaban J connectivity index is 1.23. The fourth-order valence-electron chi connectivity index (χ4n) is 6.31. The van der Waals surface area contributed by atoms with Crippen molar-refractivity contribution < 1.29 is 50.5 Å². The van der Waals surface area contributed by atoms with Crippen LogP contribution in [0.25, 0.3) is 33.0 Å². The molecule has 0 radical (unpaired) electrons. The molecule has 0 aliphatic carbocycles. The average molecular weight is 801 g/mol. The lowest BCUT2D eigenvalue weighted by Crippen LogP contribution is -2.43. The fraction of sp³-hybridized carbons (Fsp3) is 0.171. The summed E-state index contributed by atoms with van der Waals surface area (Å²) in [5.74, 6) is -5.47. The minimum absolute atomic E-state index is 0.266. The molecule has 0 bridgehead atoms. The monoisotopic (exact) mass is 800 g/mol. The van der Waals surface area contributed by atoms with E-state index in [2.05, 4.69) is 20.0 Å². The van der Waals surface area contributed by atoms with Crippen LogP contribution < -0.4 is 19.5 Å². The van der Waals surface area contributed by atoms with Gasteiger partial charge >= 0.3 is 5.97 Å². The lowest BCUT2D eigenvalue weighted by Gasteiger charge is -2.20. The molecule has 12 nitrogen and oxygen atoms in total. The van der Waals surface area contributed by atoms with Crippen molar-refractivity contribution in [3.63, 3.8) is 0 Å². The second kappa shape index (κ2) is 17.1. The lowest BCUT2D eigenvalue weighted by molar-refractivity contribution is -0.139. The number of carbonyl (C=O) groups excluding carboxylic acids is 1. The van der Waals surface area contributed by atoms with Crippen LogP contribution in [0.2, 0.25) is 0 Å². The zero-order valence-electron chi connectivity index (χ0n) is 30.7. The molecule has 6 aromatic rings. The van der Waals surface area contributed by atoms with E-state index < -0.39 is 56.8 Å². The zero-order valence-corrected chi connectivity index (χ0v) is 31.5. The number of methoxy groups -OCH3 is 2. The van der Waals surface area contributed by atoms with Crippen molar-refractivity contribution in [3.8, 4) is 33.8 Å². The first-order valence-corrected chi connectivity index (χ1v) is 18.8. The molecule has 0 aliphatic heterocycles. The molecule has 2 aromatic heterocycles. The molecule has 294 valence electrons. The highest BCUT2D eigenvalue weighted by Gasteiger charge is 2.28. The molecule has 0 fully saturated rings. The maximum atomic E-state index is 15.4. The van der Waals surface area contributed by atoms with Gasteiger partial charge in [-0.25, -0.2) is 27.0 Å². The third-order valence-electron chi connectivity index (χ3n) is 8.99. The molecular weight excluding hydrogens is 766 g/mol. The number of halogens is 3. The summed E-state index contributed by atoms with van der Waals surface area (Å²) in [6.07, 6.45) is 4.07. The summed E-state index contributed by atoms with van der Waals surface area (Å²) >= 11 is 0. The molecule has 0 saturated carbocycles. The number of benzene rings is 4. The first kappa shape index (κ1) is 40.2. The van der Waals surface area contributed by atoms with E-state index in [0.29, 0.717) is 75.4 Å². The van der Waals surface area contributed by atoms with Crippen LogP contribution >= 0.6 is 0 Å². The van der Waals surface area contributed by atoms with E-state index in [4.69, 9.17) is 14.2 Å². The smallest absolute Gasteiger partial charge is 0.326 e. The second-order valence-corrected chi connectivity index (χ2v) is 14.3. The molecule has 16 heteroatoms. The Bertz CT molecular complexity index is 2540. The summed E-state index contributed by atoms with van der Waals surface area (Å²) in [4.78, 5) is 33.2. The maximum absolute atomic E-state index is 15.4. The first-order valence-electron chi connectivity index (χ1n) is 17.3. The van der Waals surface area contributed by atoms with E-state index in [-0.39, 0.29) is 11.3 Å². The highest BCUT2D eigenvalue weighted by molar-refractivity contribution is 7.92. The SMILES string of the molecule is CCOCc1cc(OC)c(-c2ccc(CC(NC(=O)c3c(F)cc(NS(=O)(=O)c4ccc(-c5ccnc(F)c5)cc4)cc3F)C(=O)O)c3ccncc23)c(OC)c1. The number of carbonyl (C=O) groups is 2. The van der Waals surface area contributed by atoms with Crippen LogP contribution in [0.4, 0.5) is 18.9 Å². The number of pyridine rings is 2. The number of carboxylic acid groups (broad SMARTS) is 1. The second-order valence-electron chi connectivity index (χ2n) is 12.6. The summed E-state index contributed by atoms with van der Waals surface area (Å²) in [5.41, 5.74) is 1.86. The van der Waals surface area contributed by atoms with Crippen molar-refractivity contribution in [2.45, 2.75) is 30.9 Å². The van der Waals surface area contributed by atoms with Gasteiger partial charge in [0.15, 0.2) is 0 Å². The van der Waals surface area contributed by atoms with Crippen LogP contribution in [-0.2, 0) is 32.6 Å². The molecule has 1 atom stereocenters. The van der Waals surface area contributed by atoms with Gasteiger partial charge in [-0.15, -0.1) is 0 Å². The number of fused-ring (bicyclic) bond motifs is 1. The van der Waals surface area contributed by atoms with Gasteiger partial charge < -0.3 is 24.6 Å². The van der Waals surface area contributed by atoms with Gasteiger partial charge in [-0.3, -0.25) is 14.5 Å². The number of anilines is 1. The number of ether oxygens (including phenoxy) is 3. The van der Waals surface area contributed by atoms with E-state index in [1.54, 1.807) is 24.4 Å². The van der Waals surface area contributed by atoms with E-state index in [0.717, 1.165) is 5.56 Å². The van der Waals surface area contributed by atoms with Crippen LogP contribution in [0.3, 0.4) is 0 Å². The van der Waals surface area contributed by atoms with Gasteiger partial charge in [0.25, 0.3) is 15.9 Å². The molecule has 57 heavy (non-hydrogen) atoms. The Morgan fingerprint density at radius 3 is 2.14 bits per heavy atom. The zero-order chi connectivity index (χ0) is 40.9. The molecule has 6 rings (SSSR count). The molecule has 0 saturated heterocycles. The lowest BCUT2D eigenvalue weighted by atomic mass is 9.92. The number of nitrogens with one attached hydrogen (secondary N) is 2. The van der Waals surface area contributed by atoms with Crippen molar-refractivity contribution in [2.75, 3.05) is 25.5 Å². The Kier molecular flexibility index (Phi) is 12.0. The van der Waals surface area contributed by atoms with Crippen LogP contribution in [-0.4, -0.2) is 62.2 Å². The normalized spacial score (nSPS) is 11.9. The van der Waals surface area contributed by atoms with Gasteiger partial charge in [0.05, 0.1) is 37.0 Å². The van der Waals surface area contributed by atoms with Crippen LogP contribution in [0.1, 0.15) is 28.4 Å². The summed E-state index contributed by atoms with van der Waals surface area (Å²) in [6.45, 7) is 2.73. The van der Waals surface area contributed by atoms with Crippen molar-refractivity contribution >= 4 is 38.4 Å². The van der Waals surface area contributed by atoms with E-state index in [9.17, 15) is 27.5 Å². The molecule has 2 heterocycles. The number of hydrogen-bond donors (Lipinski definition) is 3. The summed E-state index contributed by atoms with van der Waals surface area (Å²) in [7, 11) is -1.34. The predicted octanol–water partition coefficient (Wildman–Crippen LogP) is 7.16. The van der Waals surface area contributed by atoms with E-state index in [1.165, 1.54) is 63.0 Å². The van der Waals surface area contributed by atoms with Crippen LogP contribution in [0.15, 0.2) is 102 Å². The Labute approximate surface area is 325 Å². The topological polar surface area (TPSA) is 166 Å². The number of sulfonamides is 1. The summed E-state index contributed by atoms with van der Waals surface area (Å²) in [6, 6.07) is 16.3. The largest absolute Gasteiger partial charge is 0.496 e. The number of aromatic nitrogens is 2. The predicted molar refractivity (Wildman–Crippen MR) is 205 cm³/mol. The number of nitrogens with zero attached hydrogens (tertiary/aromatic N) is 2. The summed E-state index contributed by atoms with van der Waals surface area (Å²) in [5, 5.41) is 13.5. The highest BCUT2D eigenvalue weighted by atomic mass is 32.2. The molecule has 0 spiro atoms. The maximum Gasteiger partial charge on any atom is 0.326 e. The Hall–Kier alpha value is -6.52. The third-order valence-corrected chi connectivity index (χ3v) is 10.4. The molecule has 0 aliphatic rings.